The third kappa shape index (κ3) is 5.51. The Morgan fingerprint density at radius 1 is 1.15 bits per heavy atom. The maximum Gasteiger partial charge on any atom is 0.237 e. The van der Waals surface area contributed by atoms with Crippen molar-refractivity contribution in [3.05, 3.63) is 35.6 Å². The van der Waals surface area contributed by atoms with Crippen LogP contribution in [0.1, 0.15) is 25.3 Å². The number of amides is 2. The molecule has 7 heteroatoms. The predicted molar refractivity (Wildman–Crippen MR) is 96.9 cm³/mol. The molecule has 2 fully saturated rings. The highest BCUT2D eigenvalue weighted by Crippen LogP contribution is 2.18. The number of nitrogens with one attached hydrogen (secondary N) is 2. The number of hydrogen-bond donors (Lipinski definition) is 2. The van der Waals surface area contributed by atoms with Crippen LogP contribution in [-0.4, -0.2) is 66.4 Å². The van der Waals surface area contributed by atoms with Crippen LogP contribution in [-0.2, 0) is 16.1 Å². The number of halogens is 1. The molecule has 1 aliphatic heterocycles. The Hall–Kier alpha value is -1.99. The van der Waals surface area contributed by atoms with Crippen LogP contribution in [0, 0.1) is 5.82 Å². The Morgan fingerprint density at radius 2 is 1.81 bits per heavy atom. The van der Waals surface area contributed by atoms with Crippen LogP contribution in [0.15, 0.2) is 24.3 Å². The van der Waals surface area contributed by atoms with Crippen LogP contribution in [0.5, 0.6) is 0 Å². The van der Waals surface area contributed by atoms with Gasteiger partial charge in [-0.05, 0) is 37.5 Å². The highest BCUT2D eigenvalue weighted by Gasteiger charge is 2.28. The second-order valence-electron chi connectivity index (χ2n) is 7.17. The molecule has 142 valence electrons. The third-order valence-electron chi connectivity index (χ3n) is 5.02. The van der Waals surface area contributed by atoms with Crippen LogP contribution in [0.3, 0.4) is 0 Å². The lowest BCUT2D eigenvalue weighted by Gasteiger charge is -2.37. The fourth-order valence-electron chi connectivity index (χ4n) is 3.12. The first-order valence-corrected chi connectivity index (χ1v) is 9.29. The van der Waals surface area contributed by atoms with E-state index < -0.39 is 0 Å². The molecule has 2 N–H and O–H groups in total. The molecule has 1 aromatic carbocycles. The van der Waals surface area contributed by atoms with E-state index in [9.17, 15) is 14.0 Å². The Bertz CT molecular complexity index is 625. The van der Waals surface area contributed by atoms with E-state index in [4.69, 9.17) is 0 Å². The molecule has 6 nitrogen and oxygen atoms in total. The van der Waals surface area contributed by atoms with Crippen molar-refractivity contribution < 1.29 is 14.0 Å². The van der Waals surface area contributed by atoms with Crippen molar-refractivity contribution in [3.63, 3.8) is 0 Å². The van der Waals surface area contributed by atoms with Crippen LogP contribution in [0.4, 0.5) is 4.39 Å². The summed E-state index contributed by atoms with van der Waals surface area (Å²) in [5.74, 6) is -0.211. The van der Waals surface area contributed by atoms with Gasteiger partial charge in [-0.1, -0.05) is 12.1 Å². The Morgan fingerprint density at radius 3 is 2.42 bits per heavy atom. The van der Waals surface area contributed by atoms with E-state index >= 15 is 0 Å². The first-order valence-electron chi connectivity index (χ1n) is 9.29. The molecule has 1 aliphatic carbocycles. The Balaban J connectivity index is 1.37. The predicted octanol–water partition coefficient (Wildman–Crippen LogP) is 0.727. The molecular weight excluding hydrogens is 335 g/mol. The molecule has 1 saturated heterocycles. The van der Waals surface area contributed by atoms with Gasteiger partial charge >= 0.3 is 0 Å². The molecular formula is C19H27FN4O2. The monoisotopic (exact) mass is 362 g/mol. The fourth-order valence-corrected chi connectivity index (χ4v) is 3.12. The van der Waals surface area contributed by atoms with Gasteiger partial charge in [0.15, 0.2) is 0 Å². The molecule has 0 radical (unpaired) electrons. The zero-order valence-corrected chi connectivity index (χ0v) is 15.2. The summed E-state index contributed by atoms with van der Waals surface area (Å²) in [5, 5.41) is 5.91. The maximum atomic E-state index is 12.9. The van der Waals surface area contributed by atoms with Crippen molar-refractivity contribution in [2.75, 3.05) is 32.7 Å². The Kier molecular flexibility index (Phi) is 6.21. The van der Waals surface area contributed by atoms with E-state index in [0.29, 0.717) is 19.1 Å². The third-order valence-corrected chi connectivity index (χ3v) is 5.02. The van der Waals surface area contributed by atoms with Crippen molar-refractivity contribution in [2.24, 2.45) is 0 Å². The van der Waals surface area contributed by atoms with E-state index in [1.165, 1.54) is 12.1 Å². The van der Waals surface area contributed by atoms with Gasteiger partial charge in [-0.25, -0.2) is 4.39 Å². The van der Waals surface area contributed by atoms with Crippen molar-refractivity contribution in [2.45, 2.75) is 38.4 Å². The molecule has 2 aliphatic rings. The summed E-state index contributed by atoms with van der Waals surface area (Å²) in [6.07, 6.45) is 2.20. The standard InChI is InChI=1S/C19H27FN4O2/c1-14(19(26)21-12-15-2-4-16(20)5-3-15)24-10-8-23(9-11-24)13-18(25)22-17-6-7-17/h2-5,14,17H,6-13H2,1H3,(H,21,26)(H,22,25). The van der Waals surface area contributed by atoms with Gasteiger partial charge in [0, 0.05) is 38.8 Å². The van der Waals surface area contributed by atoms with Gasteiger partial charge in [0.25, 0.3) is 0 Å². The first kappa shape index (κ1) is 18.8. The number of piperazine rings is 1. The zero-order valence-electron chi connectivity index (χ0n) is 15.2. The van der Waals surface area contributed by atoms with E-state index in [2.05, 4.69) is 20.4 Å². The van der Waals surface area contributed by atoms with Gasteiger partial charge < -0.3 is 10.6 Å². The molecule has 26 heavy (non-hydrogen) atoms. The molecule has 1 heterocycles. The van der Waals surface area contributed by atoms with Crippen molar-refractivity contribution in [3.8, 4) is 0 Å². The van der Waals surface area contributed by atoms with Gasteiger partial charge in [-0.2, -0.15) is 0 Å². The summed E-state index contributed by atoms with van der Waals surface area (Å²) in [4.78, 5) is 28.5. The number of hydrogen-bond acceptors (Lipinski definition) is 4. The number of rotatable bonds is 7. The summed E-state index contributed by atoms with van der Waals surface area (Å²) in [6, 6.07) is 6.30. The summed E-state index contributed by atoms with van der Waals surface area (Å²) in [5.41, 5.74) is 0.874. The largest absolute Gasteiger partial charge is 0.352 e. The van der Waals surface area contributed by atoms with Crippen molar-refractivity contribution in [1.29, 1.82) is 0 Å². The summed E-state index contributed by atoms with van der Waals surface area (Å²) in [7, 11) is 0. The number of carbonyl (C=O) groups is 2. The SMILES string of the molecule is CC(C(=O)NCc1ccc(F)cc1)N1CCN(CC(=O)NC2CC2)CC1. The highest BCUT2D eigenvalue weighted by molar-refractivity contribution is 5.81. The summed E-state index contributed by atoms with van der Waals surface area (Å²) >= 11 is 0. The molecule has 1 unspecified atom stereocenters. The summed E-state index contributed by atoms with van der Waals surface area (Å²) < 4.78 is 12.9. The van der Waals surface area contributed by atoms with Crippen LogP contribution < -0.4 is 10.6 Å². The van der Waals surface area contributed by atoms with Crippen LogP contribution in [0.25, 0.3) is 0 Å². The molecule has 0 aromatic heterocycles. The molecule has 0 bridgehead atoms. The Labute approximate surface area is 153 Å². The van der Waals surface area contributed by atoms with Gasteiger partial charge in [0.05, 0.1) is 12.6 Å². The first-order chi connectivity index (χ1) is 12.5. The fraction of sp³-hybridized carbons (Fsp3) is 0.579. The van der Waals surface area contributed by atoms with Crippen molar-refractivity contribution >= 4 is 11.8 Å². The van der Waals surface area contributed by atoms with E-state index in [-0.39, 0.29) is 23.7 Å². The quantitative estimate of drug-likeness (QED) is 0.751. The van der Waals surface area contributed by atoms with E-state index in [0.717, 1.165) is 44.6 Å². The maximum absolute atomic E-state index is 12.9. The lowest BCUT2D eigenvalue weighted by Crippen LogP contribution is -2.55. The van der Waals surface area contributed by atoms with E-state index in [1.807, 2.05) is 6.92 Å². The van der Waals surface area contributed by atoms with Gasteiger partial charge in [-0.15, -0.1) is 0 Å². The van der Waals surface area contributed by atoms with E-state index in [1.54, 1.807) is 12.1 Å². The minimum Gasteiger partial charge on any atom is -0.352 e. The van der Waals surface area contributed by atoms with Gasteiger partial charge in [0.2, 0.25) is 11.8 Å². The second kappa shape index (κ2) is 8.60. The highest BCUT2D eigenvalue weighted by atomic mass is 19.1. The molecule has 3 rings (SSSR count). The van der Waals surface area contributed by atoms with Crippen LogP contribution in [0.2, 0.25) is 0 Å². The number of carbonyl (C=O) groups excluding carboxylic acids is 2. The topological polar surface area (TPSA) is 64.7 Å². The normalized spacial score (nSPS) is 19.8. The lowest BCUT2D eigenvalue weighted by molar-refractivity contribution is -0.128. The van der Waals surface area contributed by atoms with Crippen LogP contribution >= 0.6 is 0 Å². The summed E-state index contributed by atoms with van der Waals surface area (Å²) in [6.45, 7) is 5.83. The molecule has 0 spiro atoms. The van der Waals surface area contributed by atoms with Gasteiger partial charge in [-0.3, -0.25) is 19.4 Å². The van der Waals surface area contributed by atoms with Crippen molar-refractivity contribution in [1.82, 2.24) is 20.4 Å². The second-order valence-corrected chi connectivity index (χ2v) is 7.17. The average Bonchev–Trinajstić information content (AvgIpc) is 3.45. The lowest BCUT2D eigenvalue weighted by atomic mass is 10.2. The molecule has 1 aromatic rings. The average molecular weight is 362 g/mol. The number of benzene rings is 1. The zero-order chi connectivity index (χ0) is 18.5. The number of nitrogens with zero attached hydrogens (tertiary/aromatic N) is 2. The molecule has 2 amide bonds. The molecule has 1 saturated carbocycles. The minimum absolute atomic E-state index is 0.0331. The minimum atomic E-state index is -0.280. The smallest absolute Gasteiger partial charge is 0.237 e. The molecule has 1 atom stereocenters. The van der Waals surface area contributed by atoms with Gasteiger partial charge in [0.1, 0.15) is 5.82 Å².